The second kappa shape index (κ2) is 5.56. The third-order valence-electron chi connectivity index (χ3n) is 4.41. The monoisotopic (exact) mass is 277 g/mol. The lowest BCUT2D eigenvalue weighted by molar-refractivity contribution is -0.128. The Bertz CT molecular complexity index is 491. The van der Waals surface area contributed by atoms with E-state index in [-0.39, 0.29) is 17.9 Å². The van der Waals surface area contributed by atoms with E-state index in [0.29, 0.717) is 0 Å². The SMILES string of the molecule is CN(C)Cc1noc2c1CC(NC(=O)C1CCC1)CC2. The van der Waals surface area contributed by atoms with E-state index in [1.165, 1.54) is 12.0 Å². The number of aromatic nitrogens is 1. The minimum Gasteiger partial charge on any atom is -0.361 e. The van der Waals surface area contributed by atoms with Crippen LogP contribution in [0.3, 0.4) is 0 Å². The van der Waals surface area contributed by atoms with Crippen LogP contribution in [0.25, 0.3) is 0 Å². The van der Waals surface area contributed by atoms with Crippen molar-refractivity contribution in [1.29, 1.82) is 0 Å². The molecule has 2 aliphatic carbocycles. The number of amides is 1. The lowest BCUT2D eigenvalue weighted by Gasteiger charge is -2.29. The maximum Gasteiger partial charge on any atom is 0.223 e. The fraction of sp³-hybridized carbons (Fsp3) is 0.733. The van der Waals surface area contributed by atoms with Crippen molar-refractivity contribution in [3.63, 3.8) is 0 Å². The number of carbonyl (C=O) groups excluding carboxylic acids is 1. The Hall–Kier alpha value is -1.36. The summed E-state index contributed by atoms with van der Waals surface area (Å²) >= 11 is 0. The molecule has 1 aromatic heterocycles. The average Bonchev–Trinajstić information content (AvgIpc) is 2.69. The van der Waals surface area contributed by atoms with Crippen LogP contribution in [0.15, 0.2) is 4.52 Å². The first kappa shape index (κ1) is 13.6. The molecule has 1 N–H and O–H groups in total. The van der Waals surface area contributed by atoms with Gasteiger partial charge in [0.2, 0.25) is 5.91 Å². The number of nitrogens with zero attached hydrogens (tertiary/aromatic N) is 2. The molecule has 0 bridgehead atoms. The molecule has 0 aliphatic heterocycles. The highest BCUT2D eigenvalue weighted by Crippen LogP contribution is 2.28. The third kappa shape index (κ3) is 2.73. The highest BCUT2D eigenvalue weighted by Gasteiger charge is 2.30. The van der Waals surface area contributed by atoms with Crippen LogP contribution in [0.4, 0.5) is 0 Å². The van der Waals surface area contributed by atoms with E-state index in [9.17, 15) is 4.79 Å². The lowest BCUT2D eigenvalue weighted by atomic mass is 9.84. The van der Waals surface area contributed by atoms with Crippen molar-refractivity contribution in [2.24, 2.45) is 5.92 Å². The predicted molar refractivity (Wildman–Crippen MR) is 75.2 cm³/mol. The number of aryl methyl sites for hydroxylation is 1. The summed E-state index contributed by atoms with van der Waals surface area (Å²) in [5, 5.41) is 7.39. The highest BCUT2D eigenvalue weighted by molar-refractivity contribution is 5.79. The largest absolute Gasteiger partial charge is 0.361 e. The van der Waals surface area contributed by atoms with Gasteiger partial charge in [0.15, 0.2) is 0 Å². The fourth-order valence-corrected chi connectivity index (χ4v) is 3.00. The summed E-state index contributed by atoms with van der Waals surface area (Å²) < 4.78 is 5.43. The topological polar surface area (TPSA) is 58.4 Å². The summed E-state index contributed by atoms with van der Waals surface area (Å²) in [5.74, 6) is 1.52. The quantitative estimate of drug-likeness (QED) is 0.906. The molecule has 1 heterocycles. The number of carbonyl (C=O) groups is 1. The van der Waals surface area contributed by atoms with Crippen LogP contribution in [-0.4, -0.2) is 36.1 Å². The Morgan fingerprint density at radius 1 is 1.40 bits per heavy atom. The Labute approximate surface area is 119 Å². The maximum atomic E-state index is 12.0. The Balaban J connectivity index is 1.64. The minimum absolute atomic E-state index is 0.246. The summed E-state index contributed by atoms with van der Waals surface area (Å²) in [4.78, 5) is 14.1. The molecule has 3 rings (SSSR count). The second-order valence-corrected chi connectivity index (χ2v) is 6.34. The molecule has 1 saturated carbocycles. The van der Waals surface area contributed by atoms with Crippen LogP contribution < -0.4 is 5.32 Å². The number of fused-ring (bicyclic) bond motifs is 1. The number of hydrogen-bond donors (Lipinski definition) is 1. The first-order valence-corrected chi connectivity index (χ1v) is 7.55. The van der Waals surface area contributed by atoms with E-state index in [2.05, 4.69) is 15.4 Å². The zero-order valence-corrected chi connectivity index (χ0v) is 12.3. The van der Waals surface area contributed by atoms with E-state index >= 15 is 0 Å². The van der Waals surface area contributed by atoms with Gasteiger partial charge in [0.05, 0.1) is 0 Å². The molecule has 1 atom stereocenters. The molecule has 0 spiro atoms. The van der Waals surface area contributed by atoms with Crippen molar-refractivity contribution < 1.29 is 9.32 Å². The van der Waals surface area contributed by atoms with E-state index in [1.807, 2.05) is 14.1 Å². The van der Waals surface area contributed by atoms with Gasteiger partial charge in [0.25, 0.3) is 0 Å². The summed E-state index contributed by atoms with van der Waals surface area (Å²) in [6.07, 6.45) is 6.02. The highest BCUT2D eigenvalue weighted by atomic mass is 16.5. The molecule has 2 aliphatic rings. The molecule has 1 fully saturated rings. The summed E-state index contributed by atoms with van der Waals surface area (Å²) in [7, 11) is 4.06. The van der Waals surface area contributed by atoms with E-state index in [4.69, 9.17) is 4.52 Å². The molecule has 5 heteroatoms. The number of rotatable bonds is 4. The van der Waals surface area contributed by atoms with Crippen molar-refractivity contribution in [3.8, 4) is 0 Å². The molecule has 1 unspecified atom stereocenters. The van der Waals surface area contributed by atoms with E-state index in [0.717, 1.165) is 50.1 Å². The lowest BCUT2D eigenvalue weighted by Crippen LogP contribution is -2.43. The molecule has 0 aromatic carbocycles. The molecule has 0 radical (unpaired) electrons. The molecular formula is C15H23N3O2. The van der Waals surface area contributed by atoms with Crippen LogP contribution in [0.2, 0.25) is 0 Å². The zero-order chi connectivity index (χ0) is 14.1. The van der Waals surface area contributed by atoms with Gasteiger partial charge in [-0.05, 0) is 39.8 Å². The first-order valence-electron chi connectivity index (χ1n) is 7.55. The van der Waals surface area contributed by atoms with Crippen LogP contribution in [0.1, 0.15) is 42.7 Å². The van der Waals surface area contributed by atoms with Gasteiger partial charge >= 0.3 is 0 Å². The van der Waals surface area contributed by atoms with Gasteiger partial charge < -0.3 is 14.7 Å². The van der Waals surface area contributed by atoms with Gasteiger partial charge in [-0.3, -0.25) is 4.79 Å². The predicted octanol–water partition coefficient (Wildman–Crippen LogP) is 1.51. The summed E-state index contributed by atoms with van der Waals surface area (Å²) in [6.45, 7) is 0.794. The standard InChI is InChI=1S/C15H23N3O2/c1-18(2)9-13-12-8-11(6-7-14(12)20-17-13)16-15(19)10-4-3-5-10/h10-11H,3-9H2,1-2H3,(H,16,19). The normalized spacial score (nSPS) is 22.4. The van der Waals surface area contributed by atoms with Crippen LogP contribution in [0.5, 0.6) is 0 Å². The molecular weight excluding hydrogens is 254 g/mol. The molecule has 1 aromatic rings. The Kier molecular flexibility index (Phi) is 3.78. The van der Waals surface area contributed by atoms with Gasteiger partial charge in [0, 0.05) is 30.5 Å². The van der Waals surface area contributed by atoms with Crippen LogP contribution in [-0.2, 0) is 24.2 Å². The summed E-state index contributed by atoms with van der Waals surface area (Å²) in [5.41, 5.74) is 2.23. The molecule has 0 saturated heterocycles. The van der Waals surface area contributed by atoms with Gasteiger partial charge in [0.1, 0.15) is 11.5 Å². The number of hydrogen-bond acceptors (Lipinski definition) is 4. The van der Waals surface area contributed by atoms with Gasteiger partial charge in [-0.1, -0.05) is 11.6 Å². The smallest absolute Gasteiger partial charge is 0.223 e. The van der Waals surface area contributed by atoms with Crippen molar-refractivity contribution in [2.75, 3.05) is 14.1 Å². The van der Waals surface area contributed by atoms with Crippen molar-refractivity contribution in [1.82, 2.24) is 15.4 Å². The minimum atomic E-state index is 0.246. The molecule has 20 heavy (non-hydrogen) atoms. The van der Waals surface area contributed by atoms with Crippen molar-refractivity contribution >= 4 is 5.91 Å². The molecule has 110 valence electrons. The zero-order valence-electron chi connectivity index (χ0n) is 12.3. The third-order valence-corrected chi connectivity index (χ3v) is 4.41. The van der Waals surface area contributed by atoms with Gasteiger partial charge in [-0.25, -0.2) is 0 Å². The fourth-order valence-electron chi connectivity index (χ4n) is 3.00. The van der Waals surface area contributed by atoms with E-state index in [1.54, 1.807) is 0 Å². The average molecular weight is 277 g/mol. The van der Waals surface area contributed by atoms with Crippen LogP contribution in [0, 0.1) is 5.92 Å². The van der Waals surface area contributed by atoms with Gasteiger partial charge in [-0.2, -0.15) is 0 Å². The Morgan fingerprint density at radius 2 is 2.20 bits per heavy atom. The molecule has 1 amide bonds. The Morgan fingerprint density at radius 3 is 2.85 bits per heavy atom. The van der Waals surface area contributed by atoms with Gasteiger partial charge in [-0.15, -0.1) is 0 Å². The van der Waals surface area contributed by atoms with Crippen molar-refractivity contribution in [3.05, 3.63) is 17.0 Å². The first-order chi connectivity index (χ1) is 9.63. The second-order valence-electron chi connectivity index (χ2n) is 6.34. The van der Waals surface area contributed by atoms with Crippen LogP contribution >= 0.6 is 0 Å². The van der Waals surface area contributed by atoms with Crippen molar-refractivity contribution in [2.45, 2.75) is 51.1 Å². The molecule has 5 nitrogen and oxygen atoms in total. The van der Waals surface area contributed by atoms with E-state index < -0.39 is 0 Å². The number of nitrogens with one attached hydrogen (secondary N) is 1. The maximum absolute atomic E-state index is 12.0. The summed E-state index contributed by atoms with van der Waals surface area (Å²) in [6, 6.07) is 0.246.